The minimum Gasteiger partial charge on any atom is -0.373 e. The fraction of sp³-hybridized carbons (Fsp3) is 0.889. The lowest BCUT2D eigenvalue weighted by Crippen LogP contribution is -2.47. The molecule has 4 aliphatic rings. The van der Waals surface area contributed by atoms with Crippen molar-refractivity contribution in [2.24, 2.45) is 23.7 Å². The average molecular weight is 276 g/mol. The van der Waals surface area contributed by atoms with Crippen LogP contribution in [0.1, 0.15) is 52.4 Å². The molecule has 1 saturated heterocycles. The summed E-state index contributed by atoms with van der Waals surface area (Å²) in [5.41, 5.74) is 1.56. The number of hydrogen-bond acceptors (Lipinski definition) is 2. The smallest absolute Gasteiger partial charge is 0.0819 e. The molecule has 2 aliphatic heterocycles. The van der Waals surface area contributed by atoms with E-state index in [9.17, 15) is 0 Å². The van der Waals surface area contributed by atoms with Crippen LogP contribution in [0.2, 0.25) is 0 Å². The Balaban J connectivity index is 1.57. The van der Waals surface area contributed by atoms with Crippen LogP contribution in [-0.2, 0) is 9.47 Å². The van der Waals surface area contributed by atoms with Crippen molar-refractivity contribution in [1.29, 1.82) is 0 Å². The van der Waals surface area contributed by atoms with E-state index in [1.54, 1.807) is 0 Å². The number of rotatable bonds is 1. The summed E-state index contributed by atoms with van der Waals surface area (Å²) in [6.07, 6.45) is 10.9. The Morgan fingerprint density at radius 1 is 1.20 bits per heavy atom. The van der Waals surface area contributed by atoms with Crippen LogP contribution in [0.25, 0.3) is 0 Å². The van der Waals surface area contributed by atoms with Gasteiger partial charge in [0, 0.05) is 0 Å². The quantitative estimate of drug-likeness (QED) is 0.675. The Bertz CT molecular complexity index is 416. The van der Waals surface area contributed by atoms with Gasteiger partial charge in [0.05, 0.1) is 24.9 Å². The third-order valence-electron chi connectivity index (χ3n) is 6.78. The molecule has 4 rings (SSSR count). The third kappa shape index (κ3) is 1.99. The van der Waals surface area contributed by atoms with Gasteiger partial charge >= 0.3 is 0 Å². The molecule has 3 fully saturated rings. The molecule has 2 aliphatic carbocycles. The molecule has 0 aromatic heterocycles. The Morgan fingerprint density at radius 3 is 2.90 bits per heavy atom. The molecule has 0 bridgehead atoms. The van der Waals surface area contributed by atoms with Crippen molar-refractivity contribution in [1.82, 2.24) is 0 Å². The number of hydrogen-bond donors (Lipinski definition) is 0. The van der Waals surface area contributed by atoms with Gasteiger partial charge in [-0.1, -0.05) is 25.8 Å². The van der Waals surface area contributed by atoms with Gasteiger partial charge in [-0.2, -0.15) is 0 Å². The van der Waals surface area contributed by atoms with E-state index >= 15 is 0 Å². The Kier molecular flexibility index (Phi) is 3.23. The first-order valence-corrected chi connectivity index (χ1v) is 8.62. The third-order valence-corrected chi connectivity index (χ3v) is 6.78. The van der Waals surface area contributed by atoms with Crippen molar-refractivity contribution in [3.8, 4) is 0 Å². The molecule has 2 heteroatoms. The maximum absolute atomic E-state index is 6.57. The molecule has 0 aromatic carbocycles. The van der Waals surface area contributed by atoms with Gasteiger partial charge in [0.25, 0.3) is 0 Å². The average Bonchev–Trinajstić information content (AvgIpc) is 3.05. The Hall–Kier alpha value is -0.340. The fourth-order valence-electron chi connectivity index (χ4n) is 5.64. The highest BCUT2D eigenvalue weighted by atomic mass is 16.5. The molecule has 0 radical (unpaired) electrons. The summed E-state index contributed by atoms with van der Waals surface area (Å²) in [7, 11) is 0. The molecule has 6 unspecified atom stereocenters. The molecule has 20 heavy (non-hydrogen) atoms. The summed E-state index contributed by atoms with van der Waals surface area (Å²) in [5.74, 6) is 3.62. The van der Waals surface area contributed by atoms with Gasteiger partial charge < -0.3 is 9.47 Å². The van der Waals surface area contributed by atoms with Crippen molar-refractivity contribution in [2.75, 3.05) is 13.2 Å². The van der Waals surface area contributed by atoms with E-state index in [1.165, 1.54) is 44.1 Å². The predicted octanol–water partition coefficient (Wildman–Crippen LogP) is 3.95. The summed E-state index contributed by atoms with van der Waals surface area (Å²) < 4.78 is 12.1. The van der Waals surface area contributed by atoms with E-state index in [1.807, 2.05) is 0 Å². The van der Waals surface area contributed by atoms with Crippen molar-refractivity contribution < 1.29 is 9.47 Å². The van der Waals surface area contributed by atoms with Crippen molar-refractivity contribution in [3.05, 3.63) is 11.6 Å². The first kappa shape index (κ1) is 13.3. The molecular formula is C18H28O2. The SMILES string of the molecule is CC1CCCC2C1CCC1(C)OC(C3=CCOC3)CC21. The van der Waals surface area contributed by atoms with Crippen LogP contribution in [0, 0.1) is 23.7 Å². The van der Waals surface area contributed by atoms with E-state index < -0.39 is 0 Å². The summed E-state index contributed by atoms with van der Waals surface area (Å²) in [6, 6.07) is 0. The summed E-state index contributed by atoms with van der Waals surface area (Å²) >= 11 is 0. The molecular weight excluding hydrogens is 248 g/mol. The second-order valence-corrected chi connectivity index (χ2v) is 7.83. The molecule has 2 saturated carbocycles. The number of fused-ring (bicyclic) bond motifs is 3. The van der Waals surface area contributed by atoms with Crippen molar-refractivity contribution >= 4 is 0 Å². The summed E-state index contributed by atoms with van der Waals surface area (Å²) in [5, 5.41) is 0. The van der Waals surface area contributed by atoms with E-state index in [0.717, 1.165) is 36.9 Å². The highest BCUT2D eigenvalue weighted by molar-refractivity contribution is 5.18. The molecule has 0 N–H and O–H groups in total. The molecule has 2 nitrogen and oxygen atoms in total. The molecule has 112 valence electrons. The van der Waals surface area contributed by atoms with Crippen LogP contribution in [0.4, 0.5) is 0 Å². The zero-order valence-electron chi connectivity index (χ0n) is 12.9. The predicted molar refractivity (Wildman–Crippen MR) is 79.5 cm³/mol. The zero-order valence-corrected chi connectivity index (χ0v) is 12.9. The van der Waals surface area contributed by atoms with E-state index in [4.69, 9.17) is 9.47 Å². The van der Waals surface area contributed by atoms with Gasteiger partial charge in [0.2, 0.25) is 0 Å². The lowest BCUT2D eigenvalue weighted by Gasteiger charge is -2.49. The highest BCUT2D eigenvalue weighted by Gasteiger charge is 2.54. The van der Waals surface area contributed by atoms with E-state index in [2.05, 4.69) is 19.9 Å². The lowest BCUT2D eigenvalue weighted by molar-refractivity contribution is -0.0962. The van der Waals surface area contributed by atoms with Crippen LogP contribution in [0.15, 0.2) is 11.6 Å². The number of ether oxygens (including phenoxy) is 2. The normalized spacial score (nSPS) is 51.5. The summed E-state index contributed by atoms with van der Waals surface area (Å²) in [6.45, 7) is 6.47. The maximum atomic E-state index is 6.57. The first-order valence-electron chi connectivity index (χ1n) is 8.62. The van der Waals surface area contributed by atoms with Gasteiger partial charge in [-0.3, -0.25) is 0 Å². The second-order valence-electron chi connectivity index (χ2n) is 7.83. The van der Waals surface area contributed by atoms with Crippen molar-refractivity contribution in [2.45, 2.75) is 64.1 Å². The minimum atomic E-state index is 0.145. The van der Waals surface area contributed by atoms with E-state index in [0.29, 0.717) is 6.10 Å². The molecule has 6 atom stereocenters. The van der Waals surface area contributed by atoms with Gasteiger partial charge in [-0.15, -0.1) is 0 Å². The standard InChI is InChI=1S/C18H28O2/c1-12-4-3-5-15-14(12)6-8-18(2)16(15)10-17(20-18)13-7-9-19-11-13/h7,12,14-17H,3-6,8-11H2,1-2H3. The Labute approximate surface area is 122 Å². The van der Waals surface area contributed by atoms with Gasteiger partial charge in [0.1, 0.15) is 0 Å². The van der Waals surface area contributed by atoms with Crippen LogP contribution in [0.5, 0.6) is 0 Å². The zero-order chi connectivity index (χ0) is 13.7. The Morgan fingerprint density at radius 2 is 2.10 bits per heavy atom. The largest absolute Gasteiger partial charge is 0.373 e. The van der Waals surface area contributed by atoms with Crippen LogP contribution in [-0.4, -0.2) is 24.9 Å². The molecule has 2 heterocycles. The van der Waals surface area contributed by atoms with Gasteiger partial charge in [-0.05, 0) is 61.9 Å². The van der Waals surface area contributed by atoms with Gasteiger partial charge in [-0.25, -0.2) is 0 Å². The van der Waals surface area contributed by atoms with Crippen LogP contribution in [0.3, 0.4) is 0 Å². The second kappa shape index (κ2) is 4.84. The van der Waals surface area contributed by atoms with E-state index in [-0.39, 0.29) is 5.60 Å². The molecule has 0 spiro atoms. The monoisotopic (exact) mass is 276 g/mol. The van der Waals surface area contributed by atoms with Crippen LogP contribution < -0.4 is 0 Å². The molecule has 0 amide bonds. The lowest BCUT2D eigenvalue weighted by atomic mass is 9.57. The topological polar surface area (TPSA) is 18.5 Å². The minimum absolute atomic E-state index is 0.145. The van der Waals surface area contributed by atoms with Gasteiger partial charge in [0.15, 0.2) is 0 Å². The summed E-state index contributed by atoms with van der Waals surface area (Å²) in [4.78, 5) is 0. The first-order chi connectivity index (χ1) is 9.67. The maximum Gasteiger partial charge on any atom is 0.0819 e. The highest BCUT2D eigenvalue weighted by Crippen LogP contribution is 2.56. The van der Waals surface area contributed by atoms with Crippen molar-refractivity contribution in [3.63, 3.8) is 0 Å². The van der Waals surface area contributed by atoms with Crippen LogP contribution >= 0.6 is 0 Å². The molecule has 0 aromatic rings. The fourth-order valence-corrected chi connectivity index (χ4v) is 5.64.